The third-order valence-corrected chi connectivity index (χ3v) is 6.53. The Morgan fingerprint density at radius 2 is 2.00 bits per heavy atom. The first-order chi connectivity index (χ1) is 14.9. The van der Waals surface area contributed by atoms with Crippen LogP contribution in [0.2, 0.25) is 0 Å². The third-order valence-electron chi connectivity index (χ3n) is 6.16. The van der Waals surface area contributed by atoms with Gasteiger partial charge in [0.2, 0.25) is 0 Å². The molecule has 170 valence electrons. The monoisotopic (exact) mass is 444 g/mol. The van der Waals surface area contributed by atoms with Gasteiger partial charge in [0.1, 0.15) is 0 Å². The number of pyridine rings is 1. The molecule has 1 aromatic carbocycles. The van der Waals surface area contributed by atoms with Crippen LogP contribution in [-0.2, 0) is 11.3 Å². The topological polar surface area (TPSA) is 60.6 Å². The number of aromatic nitrogens is 1. The van der Waals surface area contributed by atoms with E-state index in [-0.39, 0.29) is 5.56 Å². The molecule has 1 aromatic heterocycles. The number of H-pyrrole nitrogens is 1. The van der Waals surface area contributed by atoms with Crippen molar-refractivity contribution >= 4 is 28.2 Å². The third kappa shape index (κ3) is 6.28. The Balaban J connectivity index is 1.78. The van der Waals surface area contributed by atoms with E-state index in [0.29, 0.717) is 12.6 Å². The van der Waals surface area contributed by atoms with Crippen LogP contribution in [0.5, 0.6) is 0 Å². The summed E-state index contributed by atoms with van der Waals surface area (Å²) in [5.74, 6) is 0. The standard InChI is InChI=1S/C24H36N4O2S/c1-5-19(4)25-24(31)28(10-6-9-27-11-13-30-14-12-27)16-20-15-21-17(2)7-8-18(3)22(21)26-23(20)29/h7-8,15,19H,5-6,9-14,16H2,1-4H3,(H,25,31)(H,26,29)/t19-/m1/s1. The van der Waals surface area contributed by atoms with Gasteiger partial charge < -0.3 is 19.9 Å². The number of hydrogen-bond donors (Lipinski definition) is 2. The first kappa shape index (κ1) is 23.7. The lowest BCUT2D eigenvalue weighted by atomic mass is 10.0. The molecule has 7 heteroatoms. The van der Waals surface area contributed by atoms with E-state index in [1.54, 1.807) is 0 Å². The highest BCUT2D eigenvalue weighted by molar-refractivity contribution is 7.80. The highest BCUT2D eigenvalue weighted by atomic mass is 32.1. The maximum atomic E-state index is 12.9. The zero-order chi connectivity index (χ0) is 22.4. The summed E-state index contributed by atoms with van der Waals surface area (Å²) in [5, 5.41) is 5.25. The van der Waals surface area contributed by atoms with Crippen molar-refractivity contribution < 1.29 is 4.74 Å². The molecule has 2 aromatic rings. The van der Waals surface area contributed by atoms with Gasteiger partial charge >= 0.3 is 0 Å². The SMILES string of the molecule is CC[C@@H](C)NC(=S)N(CCCN1CCOCC1)Cc1cc2c(C)ccc(C)c2[nH]c1=O. The molecule has 0 radical (unpaired) electrons. The van der Waals surface area contributed by atoms with Gasteiger partial charge in [-0.1, -0.05) is 19.1 Å². The predicted octanol–water partition coefficient (Wildman–Crippen LogP) is 3.34. The summed E-state index contributed by atoms with van der Waals surface area (Å²) in [6, 6.07) is 6.50. The molecule has 0 saturated carbocycles. The molecule has 31 heavy (non-hydrogen) atoms. The minimum atomic E-state index is -0.0364. The summed E-state index contributed by atoms with van der Waals surface area (Å²) in [4.78, 5) is 20.6. The van der Waals surface area contributed by atoms with Crippen LogP contribution in [0.15, 0.2) is 23.0 Å². The summed E-state index contributed by atoms with van der Waals surface area (Å²) < 4.78 is 5.45. The highest BCUT2D eigenvalue weighted by Gasteiger charge is 2.17. The molecule has 1 fully saturated rings. The molecule has 0 bridgehead atoms. The van der Waals surface area contributed by atoms with Crippen LogP contribution >= 0.6 is 12.2 Å². The first-order valence-corrected chi connectivity index (χ1v) is 11.8. The molecule has 1 aliphatic heterocycles. The molecular weight excluding hydrogens is 408 g/mol. The maximum Gasteiger partial charge on any atom is 0.253 e. The fourth-order valence-electron chi connectivity index (χ4n) is 3.91. The van der Waals surface area contributed by atoms with Gasteiger partial charge in [-0.15, -0.1) is 0 Å². The quantitative estimate of drug-likeness (QED) is 0.609. The molecule has 6 nitrogen and oxygen atoms in total. The van der Waals surface area contributed by atoms with Crippen LogP contribution in [0.4, 0.5) is 0 Å². The van der Waals surface area contributed by atoms with Gasteiger partial charge in [0.15, 0.2) is 5.11 Å². The number of hydrogen-bond acceptors (Lipinski definition) is 4. The number of fused-ring (bicyclic) bond motifs is 1. The van der Waals surface area contributed by atoms with Crippen molar-refractivity contribution in [1.29, 1.82) is 0 Å². The van der Waals surface area contributed by atoms with Gasteiger partial charge in [0.25, 0.3) is 5.56 Å². The van der Waals surface area contributed by atoms with E-state index in [2.05, 4.69) is 53.0 Å². The number of nitrogens with one attached hydrogen (secondary N) is 2. The van der Waals surface area contributed by atoms with Gasteiger partial charge in [-0.3, -0.25) is 9.69 Å². The van der Waals surface area contributed by atoms with E-state index in [1.807, 2.05) is 13.0 Å². The largest absolute Gasteiger partial charge is 0.379 e. The normalized spacial score (nSPS) is 15.7. The molecular formula is C24H36N4O2S. The van der Waals surface area contributed by atoms with Crippen LogP contribution in [0.3, 0.4) is 0 Å². The number of aromatic amines is 1. The lowest BCUT2D eigenvalue weighted by Gasteiger charge is -2.30. The van der Waals surface area contributed by atoms with E-state index in [4.69, 9.17) is 17.0 Å². The molecule has 1 saturated heterocycles. The Hall–Kier alpha value is -1.96. The van der Waals surface area contributed by atoms with Crippen LogP contribution < -0.4 is 10.9 Å². The average Bonchev–Trinajstić information content (AvgIpc) is 2.77. The van der Waals surface area contributed by atoms with Crippen molar-refractivity contribution in [1.82, 2.24) is 20.1 Å². The van der Waals surface area contributed by atoms with Crippen molar-refractivity contribution in [2.45, 2.75) is 53.1 Å². The molecule has 2 heterocycles. The summed E-state index contributed by atoms with van der Waals surface area (Å²) in [7, 11) is 0. The fourth-order valence-corrected chi connectivity index (χ4v) is 4.26. The van der Waals surface area contributed by atoms with Crippen molar-refractivity contribution in [2.75, 3.05) is 39.4 Å². The van der Waals surface area contributed by atoms with Gasteiger partial charge in [-0.05, 0) is 63.0 Å². The Labute approximate surface area is 191 Å². The fraction of sp³-hybridized carbons (Fsp3) is 0.583. The van der Waals surface area contributed by atoms with Crippen LogP contribution in [0.25, 0.3) is 10.9 Å². The van der Waals surface area contributed by atoms with E-state index in [0.717, 1.165) is 84.9 Å². The number of benzene rings is 1. The van der Waals surface area contributed by atoms with Crippen LogP contribution in [0, 0.1) is 13.8 Å². The summed E-state index contributed by atoms with van der Waals surface area (Å²) in [6.07, 6.45) is 1.99. The second-order valence-corrected chi connectivity index (χ2v) is 8.99. The Morgan fingerprint density at radius 1 is 1.29 bits per heavy atom. The average molecular weight is 445 g/mol. The van der Waals surface area contributed by atoms with E-state index in [9.17, 15) is 4.79 Å². The van der Waals surface area contributed by atoms with Crippen molar-refractivity contribution in [3.05, 3.63) is 45.2 Å². The van der Waals surface area contributed by atoms with Crippen molar-refractivity contribution in [3.8, 4) is 0 Å². The zero-order valence-electron chi connectivity index (χ0n) is 19.3. The molecule has 0 spiro atoms. The summed E-state index contributed by atoms with van der Waals surface area (Å²) in [6.45, 7) is 14.3. The second-order valence-electron chi connectivity index (χ2n) is 8.60. The minimum Gasteiger partial charge on any atom is -0.379 e. The molecule has 0 amide bonds. The first-order valence-electron chi connectivity index (χ1n) is 11.4. The second kappa shape index (κ2) is 11.1. The molecule has 0 unspecified atom stereocenters. The molecule has 2 N–H and O–H groups in total. The lowest BCUT2D eigenvalue weighted by Crippen LogP contribution is -2.45. The van der Waals surface area contributed by atoms with E-state index >= 15 is 0 Å². The number of aryl methyl sites for hydroxylation is 2. The molecule has 1 aliphatic rings. The minimum absolute atomic E-state index is 0.0364. The van der Waals surface area contributed by atoms with Crippen molar-refractivity contribution in [2.24, 2.45) is 0 Å². The summed E-state index contributed by atoms with van der Waals surface area (Å²) >= 11 is 5.74. The Kier molecular flexibility index (Phi) is 8.46. The lowest BCUT2D eigenvalue weighted by molar-refractivity contribution is 0.0367. The Bertz CT molecular complexity index is 952. The smallest absolute Gasteiger partial charge is 0.253 e. The zero-order valence-corrected chi connectivity index (χ0v) is 20.1. The van der Waals surface area contributed by atoms with E-state index < -0.39 is 0 Å². The van der Waals surface area contributed by atoms with Gasteiger partial charge in [0, 0.05) is 43.2 Å². The van der Waals surface area contributed by atoms with E-state index in [1.165, 1.54) is 0 Å². The molecule has 3 rings (SSSR count). The number of morpholine rings is 1. The molecule has 1 atom stereocenters. The number of thiocarbonyl (C=S) groups is 1. The molecule has 0 aliphatic carbocycles. The number of nitrogens with zero attached hydrogens (tertiary/aromatic N) is 2. The Morgan fingerprint density at radius 3 is 2.71 bits per heavy atom. The predicted molar refractivity (Wildman–Crippen MR) is 132 cm³/mol. The van der Waals surface area contributed by atoms with Crippen LogP contribution in [-0.4, -0.2) is 65.3 Å². The van der Waals surface area contributed by atoms with Crippen LogP contribution in [0.1, 0.15) is 43.4 Å². The number of rotatable bonds is 8. The highest BCUT2D eigenvalue weighted by Crippen LogP contribution is 2.20. The number of ether oxygens (including phenoxy) is 1. The van der Waals surface area contributed by atoms with Crippen molar-refractivity contribution in [3.63, 3.8) is 0 Å². The van der Waals surface area contributed by atoms with Gasteiger partial charge in [0.05, 0.1) is 25.3 Å². The summed E-state index contributed by atoms with van der Waals surface area (Å²) in [5.41, 5.74) is 3.89. The van der Waals surface area contributed by atoms with Gasteiger partial charge in [-0.25, -0.2) is 0 Å². The maximum absolute atomic E-state index is 12.9. The van der Waals surface area contributed by atoms with Gasteiger partial charge in [-0.2, -0.15) is 0 Å².